The van der Waals surface area contributed by atoms with Crippen LogP contribution < -0.4 is 14.9 Å². The molecule has 3 rings (SSSR count). The first-order valence-corrected chi connectivity index (χ1v) is 10.8. The van der Waals surface area contributed by atoms with Gasteiger partial charge in [0, 0.05) is 11.4 Å². The number of thioether (sulfide) groups is 1. The molecule has 0 bridgehead atoms. The summed E-state index contributed by atoms with van der Waals surface area (Å²) in [6.45, 7) is 3.73. The summed E-state index contributed by atoms with van der Waals surface area (Å²) in [5, 5.41) is 4.46. The number of carbonyl (C=O) groups excluding carboxylic acids is 2. The van der Waals surface area contributed by atoms with Crippen molar-refractivity contribution in [3.8, 4) is 11.5 Å². The normalized spacial score (nSPS) is 10.8. The maximum atomic E-state index is 13.0. The first-order valence-electron chi connectivity index (χ1n) is 9.77. The lowest BCUT2D eigenvalue weighted by molar-refractivity contribution is -0.118. The van der Waals surface area contributed by atoms with Gasteiger partial charge in [0.2, 0.25) is 0 Å². The third kappa shape index (κ3) is 7.11. The van der Waals surface area contributed by atoms with Crippen molar-refractivity contribution in [2.75, 3.05) is 12.9 Å². The maximum absolute atomic E-state index is 13.0. The third-order valence-electron chi connectivity index (χ3n) is 4.17. The predicted molar refractivity (Wildman–Crippen MR) is 122 cm³/mol. The summed E-state index contributed by atoms with van der Waals surface area (Å²) in [6, 6.07) is 11.7. The van der Waals surface area contributed by atoms with Crippen LogP contribution in [0, 0.1) is 19.7 Å². The van der Waals surface area contributed by atoms with Gasteiger partial charge in [-0.05, 0) is 67.9 Å². The van der Waals surface area contributed by atoms with Gasteiger partial charge in [0.1, 0.15) is 5.82 Å². The number of hydrogen-bond donors (Lipinski definition) is 1. The molecule has 0 aliphatic carbocycles. The number of halogens is 1. The zero-order valence-electron chi connectivity index (χ0n) is 18.2. The summed E-state index contributed by atoms with van der Waals surface area (Å²) in [6.07, 6.45) is 1.43. The highest BCUT2D eigenvalue weighted by molar-refractivity contribution is 7.99. The Morgan fingerprint density at radius 3 is 2.42 bits per heavy atom. The smallest absolute Gasteiger partial charge is 0.343 e. The van der Waals surface area contributed by atoms with Gasteiger partial charge in [-0.2, -0.15) is 5.10 Å². The minimum absolute atomic E-state index is 0.113. The monoisotopic (exact) mass is 468 g/mol. The molecule has 0 atom stereocenters. The van der Waals surface area contributed by atoms with Crippen LogP contribution in [0.4, 0.5) is 4.39 Å². The van der Waals surface area contributed by atoms with Gasteiger partial charge in [0.05, 0.1) is 24.6 Å². The lowest BCUT2D eigenvalue weighted by Gasteiger charge is -2.10. The molecule has 8 nitrogen and oxygen atoms in total. The molecule has 1 N–H and O–H groups in total. The van der Waals surface area contributed by atoms with Crippen LogP contribution in [-0.4, -0.2) is 40.9 Å². The second-order valence-corrected chi connectivity index (χ2v) is 7.76. The van der Waals surface area contributed by atoms with Gasteiger partial charge in [0.15, 0.2) is 16.7 Å². The average Bonchev–Trinajstić information content (AvgIpc) is 2.78. The Morgan fingerprint density at radius 2 is 1.76 bits per heavy atom. The Labute approximate surface area is 194 Å². The number of amides is 1. The lowest BCUT2D eigenvalue weighted by Crippen LogP contribution is -2.19. The number of carbonyl (C=O) groups is 2. The van der Waals surface area contributed by atoms with Crippen molar-refractivity contribution in [2.24, 2.45) is 5.10 Å². The average molecular weight is 469 g/mol. The van der Waals surface area contributed by atoms with E-state index >= 15 is 0 Å². The van der Waals surface area contributed by atoms with Crippen LogP contribution in [0.2, 0.25) is 0 Å². The highest BCUT2D eigenvalue weighted by atomic mass is 32.2. The van der Waals surface area contributed by atoms with Crippen LogP contribution in [-0.2, 0) is 4.79 Å². The van der Waals surface area contributed by atoms with Crippen LogP contribution >= 0.6 is 11.8 Å². The van der Waals surface area contributed by atoms with E-state index in [9.17, 15) is 14.0 Å². The quantitative estimate of drug-likeness (QED) is 0.134. The number of methoxy groups -OCH3 is 1. The van der Waals surface area contributed by atoms with Crippen molar-refractivity contribution >= 4 is 29.9 Å². The molecular weight excluding hydrogens is 447 g/mol. The molecule has 1 heterocycles. The Hall–Kier alpha value is -3.79. The van der Waals surface area contributed by atoms with Crippen molar-refractivity contribution in [1.29, 1.82) is 0 Å². The number of hydrogen-bond acceptors (Lipinski definition) is 8. The fourth-order valence-electron chi connectivity index (χ4n) is 2.69. The van der Waals surface area contributed by atoms with E-state index < -0.39 is 11.8 Å². The second-order valence-electron chi connectivity index (χ2n) is 6.82. The van der Waals surface area contributed by atoms with E-state index in [4.69, 9.17) is 9.47 Å². The molecule has 0 aliphatic heterocycles. The van der Waals surface area contributed by atoms with Crippen molar-refractivity contribution in [2.45, 2.75) is 19.0 Å². The van der Waals surface area contributed by atoms with Crippen LogP contribution in [0.5, 0.6) is 11.5 Å². The van der Waals surface area contributed by atoms with Crippen LogP contribution in [0.1, 0.15) is 27.3 Å². The van der Waals surface area contributed by atoms with E-state index in [1.54, 1.807) is 12.1 Å². The molecule has 0 aliphatic rings. The van der Waals surface area contributed by atoms with Crippen LogP contribution in [0.25, 0.3) is 0 Å². The van der Waals surface area contributed by atoms with E-state index in [2.05, 4.69) is 20.5 Å². The number of aromatic nitrogens is 2. The van der Waals surface area contributed by atoms with Gasteiger partial charge in [-0.3, -0.25) is 4.79 Å². The van der Waals surface area contributed by atoms with Gasteiger partial charge in [0.25, 0.3) is 5.91 Å². The van der Waals surface area contributed by atoms with E-state index in [1.807, 2.05) is 19.9 Å². The molecule has 2 aromatic carbocycles. The number of nitrogens with zero attached hydrogens (tertiary/aromatic N) is 3. The van der Waals surface area contributed by atoms with Crippen LogP contribution in [0.15, 0.2) is 58.8 Å². The summed E-state index contributed by atoms with van der Waals surface area (Å²) in [5.41, 5.74) is 4.93. The minimum Gasteiger partial charge on any atom is -0.493 e. The minimum atomic E-state index is -0.646. The van der Waals surface area contributed by atoms with Gasteiger partial charge in [-0.15, -0.1) is 0 Å². The number of rotatable bonds is 8. The fraction of sp³-hybridized carbons (Fsp3) is 0.174. The summed E-state index contributed by atoms with van der Waals surface area (Å²) >= 11 is 1.22. The third-order valence-corrected chi connectivity index (χ3v) is 5.01. The number of aryl methyl sites for hydroxylation is 2. The molecular formula is C23H21FN4O4S. The van der Waals surface area contributed by atoms with Crippen molar-refractivity contribution in [1.82, 2.24) is 15.4 Å². The van der Waals surface area contributed by atoms with E-state index in [0.29, 0.717) is 16.5 Å². The fourth-order valence-corrected chi connectivity index (χ4v) is 3.43. The Balaban J connectivity index is 1.56. The largest absolute Gasteiger partial charge is 0.493 e. The van der Waals surface area contributed by atoms with Crippen molar-refractivity contribution in [3.05, 3.63) is 76.9 Å². The van der Waals surface area contributed by atoms with E-state index in [-0.39, 0.29) is 23.0 Å². The first kappa shape index (κ1) is 23.9. The first-order chi connectivity index (χ1) is 15.8. The van der Waals surface area contributed by atoms with Crippen molar-refractivity contribution < 1.29 is 23.5 Å². The number of benzene rings is 2. The molecule has 0 unspecified atom stereocenters. The molecule has 0 saturated heterocycles. The SMILES string of the molecule is COc1cc(/C=N/NC(=O)CSc2nc(C)cc(C)n2)ccc1OC(=O)c1ccc(F)cc1. The highest BCUT2D eigenvalue weighted by Gasteiger charge is 2.13. The Morgan fingerprint density at radius 1 is 1.06 bits per heavy atom. The summed E-state index contributed by atoms with van der Waals surface area (Å²) in [5.74, 6) is -0.803. The molecule has 0 radical (unpaired) electrons. The lowest BCUT2D eigenvalue weighted by atomic mass is 10.2. The Kier molecular flexibility index (Phi) is 8.09. The molecule has 0 fully saturated rings. The van der Waals surface area contributed by atoms with Gasteiger partial charge in [-0.25, -0.2) is 24.6 Å². The molecule has 0 saturated carbocycles. The number of esters is 1. The van der Waals surface area contributed by atoms with Gasteiger partial charge < -0.3 is 9.47 Å². The molecule has 1 amide bonds. The van der Waals surface area contributed by atoms with Gasteiger partial charge >= 0.3 is 5.97 Å². The summed E-state index contributed by atoms with van der Waals surface area (Å²) in [7, 11) is 1.43. The molecule has 0 spiro atoms. The highest BCUT2D eigenvalue weighted by Crippen LogP contribution is 2.28. The standard InChI is InChI=1S/C23H21FN4O4S/c1-14-10-15(2)27-23(26-14)33-13-21(29)28-25-12-16-4-9-19(20(11-16)31-3)32-22(30)17-5-7-18(24)8-6-17/h4-12H,13H2,1-3H3,(H,28,29)/b25-12+. The van der Waals surface area contributed by atoms with Crippen molar-refractivity contribution in [3.63, 3.8) is 0 Å². The number of ether oxygens (including phenoxy) is 2. The zero-order valence-corrected chi connectivity index (χ0v) is 19.0. The van der Waals surface area contributed by atoms with Crippen LogP contribution in [0.3, 0.4) is 0 Å². The Bertz CT molecular complexity index is 1170. The molecule has 3 aromatic rings. The zero-order chi connectivity index (χ0) is 23.8. The van der Waals surface area contributed by atoms with E-state index in [1.165, 1.54) is 55.4 Å². The topological polar surface area (TPSA) is 103 Å². The predicted octanol–water partition coefficient (Wildman–Crippen LogP) is 3.70. The second kappa shape index (κ2) is 11.2. The summed E-state index contributed by atoms with van der Waals surface area (Å²) in [4.78, 5) is 32.8. The molecule has 170 valence electrons. The number of nitrogens with one attached hydrogen (secondary N) is 1. The van der Waals surface area contributed by atoms with Gasteiger partial charge in [-0.1, -0.05) is 11.8 Å². The summed E-state index contributed by atoms with van der Waals surface area (Å²) < 4.78 is 23.6. The molecule has 1 aromatic heterocycles. The molecule has 10 heteroatoms. The molecule has 33 heavy (non-hydrogen) atoms. The van der Waals surface area contributed by atoms with E-state index in [0.717, 1.165) is 11.4 Å². The maximum Gasteiger partial charge on any atom is 0.343 e. The number of hydrazone groups is 1.